The number of hydrogen-bond acceptors (Lipinski definition) is 6. The highest BCUT2D eigenvalue weighted by molar-refractivity contribution is 8.13. The maximum atomic E-state index is 13.1. The SMILES string of the molecule is O=C1CCC(N2C(=O)c3cccc4ccc(S(=O)(=O)Cl)c(c34)C2=O)C(=O)N1. The average Bonchev–Trinajstić information content (AvgIpc) is 2.60. The van der Waals surface area contributed by atoms with Crippen LogP contribution in [-0.4, -0.2) is 43.0 Å². The minimum absolute atomic E-state index is 0.0384. The molecule has 1 N–H and O–H groups in total. The first-order valence-corrected chi connectivity index (χ1v) is 10.2. The van der Waals surface area contributed by atoms with Crippen LogP contribution in [0.4, 0.5) is 0 Å². The van der Waals surface area contributed by atoms with Gasteiger partial charge in [0, 0.05) is 28.1 Å². The second-order valence-corrected chi connectivity index (χ2v) is 8.76. The molecular weight excluding hydrogens is 396 g/mol. The van der Waals surface area contributed by atoms with E-state index in [9.17, 15) is 27.6 Å². The van der Waals surface area contributed by atoms with Crippen LogP contribution >= 0.6 is 10.7 Å². The van der Waals surface area contributed by atoms with E-state index in [1.54, 1.807) is 12.1 Å². The Bertz CT molecular complexity index is 1170. The van der Waals surface area contributed by atoms with E-state index >= 15 is 0 Å². The van der Waals surface area contributed by atoms with Crippen molar-refractivity contribution in [3.63, 3.8) is 0 Å². The summed E-state index contributed by atoms with van der Waals surface area (Å²) in [7, 11) is 1.21. The Hall–Kier alpha value is -2.78. The summed E-state index contributed by atoms with van der Waals surface area (Å²) in [5, 5.41) is 2.77. The third kappa shape index (κ3) is 2.62. The Kier molecular flexibility index (Phi) is 3.83. The molecule has 2 aliphatic rings. The summed E-state index contributed by atoms with van der Waals surface area (Å²) in [5.74, 6) is -2.94. The number of rotatable bonds is 2. The molecule has 10 heteroatoms. The minimum atomic E-state index is -4.29. The summed E-state index contributed by atoms with van der Waals surface area (Å²) in [6.45, 7) is 0. The normalized spacial score (nSPS) is 20.2. The van der Waals surface area contributed by atoms with Gasteiger partial charge in [0.15, 0.2) is 0 Å². The van der Waals surface area contributed by atoms with Gasteiger partial charge in [0.1, 0.15) is 6.04 Å². The highest BCUT2D eigenvalue weighted by Crippen LogP contribution is 2.36. The van der Waals surface area contributed by atoms with Crippen molar-refractivity contribution in [2.24, 2.45) is 0 Å². The number of carbonyl (C=O) groups is 4. The van der Waals surface area contributed by atoms with E-state index in [0.717, 1.165) is 0 Å². The number of piperidine rings is 1. The van der Waals surface area contributed by atoms with Crippen molar-refractivity contribution >= 4 is 54.1 Å². The zero-order valence-corrected chi connectivity index (χ0v) is 15.1. The van der Waals surface area contributed by atoms with Gasteiger partial charge in [-0.1, -0.05) is 18.2 Å². The molecule has 4 amide bonds. The molecule has 0 spiro atoms. The minimum Gasteiger partial charge on any atom is -0.295 e. The molecule has 2 aliphatic heterocycles. The summed E-state index contributed by atoms with van der Waals surface area (Å²) in [4.78, 5) is 50.0. The maximum absolute atomic E-state index is 13.1. The first-order chi connectivity index (χ1) is 12.7. The van der Waals surface area contributed by atoms with Gasteiger partial charge in [0.2, 0.25) is 11.8 Å². The average molecular weight is 407 g/mol. The van der Waals surface area contributed by atoms with E-state index < -0.39 is 43.6 Å². The maximum Gasteiger partial charge on any atom is 0.263 e. The van der Waals surface area contributed by atoms with Crippen LogP contribution in [-0.2, 0) is 18.6 Å². The molecule has 1 saturated heterocycles. The van der Waals surface area contributed by atoms with E-state index in [2.05, 4.69) is 5.32 Å². The Morgan fingerprint density at radius 3 is 2.44 bits per heavy atom. The fourth-order valence-electron chi connectivity index (χ4n) is 3.51. The van der Waals surface area contributed by atoms with Crippen molar-refractivity contribution in [2.75, 3.05) is 0 Å². The largest absolute Gasteiger partial charge is 0.295 e. The predicted molar refractivity (Wildman–Crippen MR) is 93.7 cm³/mol. The molecule has 0 aromatic heterocycles. The van der Waals surface area contributed by atoms with Gasteiger partial charge in [-0.2, -0.15) is 0 Å². The summed E-state index contributed by atoms with van der Waals surface area (Å²) in [6, 6.07) is 6.11. The Balaban J connectivity index is 1.98. The van der Waals surface area contributed by atoms with E-state index in [0.29, 0.717) is 10.3 Å². The number of hydrogen-bond donors (Lipinski definition) is 1. The Morgan fingerprint density at radius 2 is 1.78 bits per heavy atom. The number of benzene rings is 2. The van der Waals surface area contributed by atoms with Gasteiger partial charge in [-0.05, 0) is 23.9 Å². The predicted octanol–water partition coefficient (Wildman–Crippen LogP) is 1.17. The molecule has 4 rings (SSSR count). The molecule has 27 heavy (non-hydrogen) atoms. The molecular formula is C17H11ClN2O6S. The van der Waals surface area contributed by atoms with Gasteiger partial charge < -0.3 is 0 Å². The van der Waals surface area contributed by atoms with Crippen molar-refractivity contribution in [1.29, 1.82) is 0 Å². The molecule has 1 fully saturated rings. The summed E-state index contributed by atoms with van der Waals surface area (Å²) < 4.78 is 24.0. The molecule has 0 saturated carbocycles. The van der Waals surface area contributed by atoms with Crippen LogP contribution in [0.15, 0.2) is 35.2 Å². The van der Waals surface area contributed by atoms with Crippen LogP contribution in [0, 0.1) is 0 Å². The summed E-state index contributed by atoms with van der Waals surface area (Å²) in [6.07, 6.45) is -0.0801. The molecule has 2 heterocycles. The first kappa shape index (κ1) is 17.6. The number of nitrogens with one attached hydrogen (secondary N) is 1. The highest BCUT2D eigenvalue weighted by atomic mass is 35.7. The Morgan fingerprint density at radius 1 is 1.04 bits per heavy atom. The fourth-order valence-corrected chi connectivity index (χ4v) is 4.56. The topological polar surface area (TPSA) is 118 Å². The van der Waals surface area contributed by atoms with Crippen LogP contribution in [0.5, 0.6) is 0 Å². The number of amides is 4. The van der Waals surface area contributed by atoms with Gasteiger partial charge in [-0.15, -0.1) is 0 Å². The molecule has 2 aromatic rings. The first-order valence-electron chi connectivity index (χ1n) is 7.92. The standard InChI is InChI=1S/C17H11ClN2O6S/c18-27(25,26)11-6-4-8-2-1-3-9-13(8)14(11)17(24)20(16(9)23)10-5-7-12(21)19-15(10)22/h1-4,6,10H,5,7H2,(H,19,21,22). The van der Waals surface area contributed by atoms with Gasteiger partial charge in [-0.3, -0.25) is 29.4 Å². The fraction of sp³-hybridized carbons (Fsp3) is 0.176. The molecule has 0 radical (unpaired) electrons. The van der Waals surface area contributed by atoms with Gasteiger partial charge in [0.05, 0.1) is 10.5 Å². The lowest BCUT2D eigenvalue weighted by Gasteiger charge is -2.34. The molecule has 2 aromatic carbocycles. The molecule has 0 bridgehead atoms. The van der Waals surface area contributed by atoms with Crippen LogP contribution < -0.4 is 5.32 Å². The quantitative estimate of drug-likeness (QED) is 0.590. The third-order valence-electron chi connectivity index (χ3n) is 4.67. The van der Waals surface area contributed by atoms with Gasteiger partial charge >= 0.3 is 0 Å². The van der Waals surface area contributed by atoms with Crippen LogP contribution in [0.3, 0.4) is 0 Å². The lowest BCUT2D eigenvalue weighted by atomic mass is 9.91. The molecule has 138 valence electrons. The number of halogens is 1. The highest BCUT2D eigenvalue weighted by Gasteiger charge is 2.44. The van der Waals surface area contributed by atoms with Crippen LogP contribution in [0.2, 0.25) is 0 Å². The lowest BCUT2D eigenvalue weighted by Crippen LogP contribution is -2.57. The third-order valence-corrected chi connectivity index (χ3v) is 6.04. The molecule has 1 unspecified atom stereocenters. The zero-order chi connectivity index (χ0) is 19.5. The van der Waals surface area contributed by atoms with E-state index in [-0.39, 0.29) is 29.4 Å². The van der Waals surface area contributed by atoms with Crippen molar-refractivity contribution < 1.29 is 27.6 Å². The second-order valence-electron chi connectivity index (χ2n) is 6.23. The second kappa shape index (κ2) is 5.86. The van der Waals surface area contributed by atoms with E-state index in [4.69, 9.17) is 10.7 Å². The van der Waals surface area contributed by atoms with E-state index in [1.165, 1.54) is 18.2 Å². The molecule has 1 atom stereocenters. The van der Waals surface area contributed by atoms with Crippen molar-refractivity contribution in [3.8, 4) is 0 Å². The molecule has 0 aliphatic carbocycles. The summed E-state index contributed by atoms with van der Waals surface area (Å²) in [5.41, 5.74) is -0.156. The van der Waals surface area contributed by atoms with Crippen LogP contribution in [0.25, 0.3) is 10.8 Å². The summed E-state index contributed by atoms with van der Waals surface area (Å²) >= 11 is 0. The van der Waals surface area contributed by atoms with Gasteiger partial charge in [0.25, 0.3) is 20.9 Å². The van der Waals surface area contributed by atoms with E-state index in [1.807, 2.05) is 0 Å². The van der Waals surface area contributed by atoms with Crippen molar-refractivity contribution in [2.45, 2.75) is 23.8 Å². The Labute approximate surface area is 157 Å². The number of nitrogens with zero attached hydrogens (tertiary/aromatic N) is 1. The smallest absolute Gasteiger partial charge is 0.263 e. The molecule has 8 nitrogen and oxygen atoms in total. The lowest BCUT2D eigenvalue weighted by molar-refractivity contribution is -0.136. The van der Waals surface area contributed by atoms with Gasteiger partial charge in [-0.25, -0.2) is 8.42 Å². The van der Waals surface area contributed by atoms with Crippen LogP contribution in [0.1, 0.15) is 33.6 Å². The zero-order valence-electron chi connectivity index (χ0n) is 13.6. The number of imide groups is 2. The number of carbonyl (C=O) groups excluding carboxylic acids is 4. The van der Waals surface area contributed by atoms with Crippen molar-refractivity contribution in [1.82, 2.24) is 10.2 Å². The van der Waals surface area contributed by atoms with Crippen molar-refractivity contribution in [3.05, 3.63) is 41.5 Å². The monoisotopic (exact) mass is 406 g/mol.